The second-order valence-electron chi connectivity index (χ2n) is 7.30. The van der Waals surface area contributed by atoms with Crippen LogP contribution in [-0.2, 0) is 10.3 Å². The molecular formula is C21H22ClN3O2. The van der Waals surface area contributed by atoms with E-state index >= 15 is 0 Å². The van der Waals surface area contributed by atoms with Gasteiger partial charge in [-0.2, -0.15) is 0 Å². The largest absolute Gasteiger partial charge is 0.440 e. The summed E-state index contributed by atoms with van der Waals surface area (Å²) in [5.74, 6) is 0.871. The number of fused-ring (bicyclic) bond motifs is 1. The van der Waals surface area contributed by atoms with Gasteiger partial charge in [0.05, 0.1) is 0 Å². The van der Waals surface area contributed by atoms with Crippen LogP contribution in [-0.4, -0.2) is 28.9 Å². The molecule has 1 fully saturated rings. The third kappa shape index (κ3) is 3.45. The normalized spacial score (nSPS) is 17.8. The fraction of sp³-hybridized carbons (Fsp3) is 0.333. The maximum atomic E-state index is 13.0. The maximum Gasteiger partial charge on any atom is 0.246 e. The highest BCUT2D eigenvalue weighted by Crippen LogP contribution is 2.32. The number of nitrogens with zero attached hydrogens (tertiary/aromatic N) is 2. The van der Waals surface area contributed by atoms with Gasteiger partial charge in [-0.05, 0) is 43.5 Å². The molecule has 1 aliphatic heterocycles. The maximum absolute atomic E-state index is 13.0. The lowest BCUT2D eigenvalue weighted by Crippen LogP contribution is -2.52. The number of carbonyl (C=O) groups excluding carboxylic acids is 1. The van der Waals surface area contributed by atoms with Crippen LogP contribution in [0.2, 0.25) is 5.02 Å². The number of amides is 1. The Hall–Kier alpha value is -2.37. The topological polar surface area (TPSA) is 72.4 Å². The minimum Gasteiger partial charge on any atom is -0.440 e. The number of piperidine rings is 1. The number of hydrogen-bond donors (Lipinski definition) is 1. The van der Waals surface area contributed by atoms with Gasteiger partial charge in [-0.3, -0.25) is 4.79 Å². The summed E-state index contributed by atoms with van der Waals surface area (Å²) in [6.07, 6.45) is 1.61. The van der Waals surface area contributed by atoms with E-state index in [0.29, 0.717) is 18.1 Å². The predicted molar refractivity (Wildman–Crippen MR) is 106 cm³/mol. The van der Waals surface area contributed by atoms with Crippen LogP contribution in [0.3, 0.4) is 0 Å². The van der Waals surface area contributed by atoms with Crippen molar-refractivity contribution in [2.75, 3.05) is 13.1 Å². The van der Waals surface area contributed by atoms with Crippen LogP contribution >= 0.6 is 11.6 Å². The first kappa shape index (κ1) is 18.0. The summed E-state index contributed by atoms with van der Waals surface area (Å²) in [6.45, 7) is 3.06. The number of benzene rings is 2. The average Bonchev–Trinajstić information content (AvgIpc) is 3.11. The van der Waals surface area contributed by atoms with Crippen molar-refractivity contribution in [3.8, 4) is 0 Å². The molecule has 0 saturated carbocycles. The van der Waals surface area contributed by atoms with Crippen LogP contribution in [0.1, 0.15) is 37.1 Å². The van der Waals surface area contributed by atoms with Crippen LogP contribution < -0.4 is 5.73 Å². The van der Waals surface area contributed by atoms with Gasteiger partial charge < -0.3 is 15.1 Å². The van der Waals surface area contributed by atoms with Crippen LogP contribution in [0.5, 0.6) is 0 Å². The summed E-state index contributed by atoms with van der Waals surface area (Å²) in [5, 5.41) is 0.644. The van der Waals surface area contributed by atoms with Gasteiger partial charge in [0, 0.05) is 24.0 Å². The smallest absolute Gasteiger partial charge is 0.246 e. The van der Waals surface area contributed by atoms with Crippen molar-refractivity contribution in [1.82, 2.24) is 9.88 Å². The molecule has 2 aromatic carbocycles. The van der Waals surface area contributed by atoms with E-state index in [1.165, 1.54) is 0 Å². The highest BCUT2D eigenvalue weighted by molar-refractivity contribution is 6.31. The summed E-state index contributed by atoms with van der Waals surface area (Å²) in [5.41, 5.74) is 7.71. The van der Waals surface area contributed by atoms with Crippen LogP contribution in [0.4, 0.5) is 0 Å². The predicted octanol–water partition coefficient (Wildman–Crippen LogP) is 4.06. The quantitative estimate of drug-likeness (QED) is 0.740. The lowest BCUT2D eigenvalue weighted by molar-refractivity contribution is -0.137. The Morgan fingerprint density at radius 2 is 1.93 bits per heavy atom. The minimum absolute atomic E-state index is 0.0449. The van der Waals surface area contributed by atoms with E-state index in [2.05, 4.69) is 4.98 Å². The number of halogens is 1. The Balaban J connectivity index is 1.45. The Morgan fingerprint density at radius 3 is 2.63 bits per heavy atom. The van der Waals surface area contributed by atoms with E-state index in [-0.39, 0.29) is 11.8 Å². The first-order chi connectivity index (χ1) is 12.9. The molecule has 3 aromatic rings. The number of hydrogen-bond acceptors (Lipinski definition) is 4. The molecule has 140 valence electrons. The molecule has 0 aliphatic carbocycles. The van der Waals surface area contributed by atoms with Crippen molar-refractivity contribution in [3.05, 3.63) is 65.0 Å². The zero-order chi connectivity index (χ0) is 19.0. The van der Waals surface area contributed by atoms with Crippen molar-refractivity contribution < 1.29 is 9.21 Å². The summed E-state index contributed by atoms with van der Waals surface area (Å²) >= 11 is 6.02. The summed E-state index contributed by atoms with van der Waals surface area (Å²) in [6, 6.07) is 15.0. The number of carbonyl (C=O) groups is 1. The lowest BCUT2D eigenvalue weighted by atomic mass is 9.89. The molecule has 0 spiro atoms. The van der Waals surface area contributed by atoms with E-state index in [1.54, 1.807) is 13.0 Å². The molecule has 1 amide bonds. The molecule has 1 atom stereocenters. The molecule has 2 N–H and O–H groups in total. The molecule has 0 radical (unpaired) electrons. The van der Waals surface area contributed by atoms with Gasteiger partial charge in [0.25, 0.3) is 0 Å². The monoisotopic (exact) mass is 383 g/mol. The minimum atomic E-state index is -1.03. The third-order valence-electron chi connectivity index (χ3n) is 5.32. The molecule has 2 heterocycles. The Kier molecular flexibility index (Phi) is 4.66. The molecule has 6 heteroatoms. The molecule has 1 aromatic heterocycles. The zero-order valence-electron chi connectivity index (χ0n) is 15.2. The van der Waals surface area contributed by atoms with Crippen molar-refractivity contribution >= 4 is 28.6 Å². The Bertz CT molecular complexity index is 960. The molecule has 1 aliphatic rings. The van der Waals surface area contributed by atoms with Gasteiger partial charge in [0.1, 0.15) is 11.1 Å². The molecule has 0 bridgehead atoms. The molecule has 4 rings (SSSR count). The van der Waals surface area contributed by atoms with Gasteiger partial charge in [-0.15, -0.1) is 0 Å². The molecular weight excluding hydrogens is 362 g/mol. The van der Waals surface area contributed by atoms with Gasteiger partial charge >= 0.3 is 0 Å². The van der Waals surface area contributed by atoms with Crippen molar-refractivity contribution in [1.29, 1.82) is 0 Å². The SMILES string of the molecule is CC(N)(C(=O)N1CCC(c2nc3cc(Cl)ccc3o2)CC1)c1ccccc1. The van der Waals surface area contributed by atoms with E-state index < -0.39 is 5.54 Å². The molecule has 1 saturated heterocycles. The fourth-order valence-electron chi connectivity index (χ4n) is 3.66. The Labute approximate surface area is 163 Å². The van der Waals surface area contributed by atoms with E-state index in [4.69, 9.17) is 21.8 Å². The second-order valence-corrected chi connectivity index (χ2v) is 7.74. The molecule has 27 heavy (non-hydrogen) atoms. The van der Waals surface area contributed by atoms with Gasteiger partial charge in [0.15, 0.2) is 11.5 Å². The second kappa shape index (κ2) is 6.98. The van der Waals surface area contributed by atoms with Crippen molar-refractivity contribution in [3.63, 3.8) is 0 Å². The van der Waals surface area contributed by atoms with Gasteiger partial charge in [-0.1, -0.05) is 41.9 Å². The van der Waals surface area contributed by atoms with Crippen LogP contribution in [0.15, 0.2) is 52.9 Å². The lowest BCUT2D eigenvalue weighted by Gasteiger charge is -2.36. The van der Waals surface area contributed by atoms with Crippen LogP contribution in [0.25, 0.3) is 11.1 Å². The number of nitrogens with two attached hydrogens (primary N) is 1. The first-order valence-corrected chi connectivity index (χ1v) is 9.53. The molecule has 1 unspecified atom stereocenters. The van der Waals surface area contributed by atoms with Crippen LogP contribution in [0, 0.1) is 0 Å². The summed E-state index contributed by atoms with van der Waals surface area (Å²) in [7, 11) is 0. The standard InChI is InChI=1S/C21H22ClN3O2/c1-21(23,15-5-3-2-4-6-15)20(26)25-11-9-14(10-12-25)19-24-17-13-16(22)7-8-18(17)27-19/h2-8,13-14H,9-12,23H2,1H3. The van der Waals surface area contributed by atoms with Crippen molar-refractivity contribution in [2.24, 2.45) is 5.73 Å². The highest BCUT2D eigenvalue weighted by Gasteiger charge is 2.36. The van der Waals surface area contributed by atoms with Crippen molar-refractivity contribution in [2.45, 2.75) is 31.2 Å². The summed E-state index contributed by atoms with van der Waals surface area (Å²) < 4.78 is 5.90. The summed E-state index contributed by atoms with van der Waals surface area (Å²) in [4.78, 5) is 19.4. The van der Waals surface area contributed by atoms with E-state index in [9.17, 15) is 4.79 Å². The first-order valence-electron chi connectivity index (χ1n) is 9.15. The Morgan fingerprint density at radius 1 is 1.22 bits per heavy atom. The highest BCUT2D eigenvalue weighted by atomic mass is 35.5. The van der Waals surface area contributed by atoms with Gasteiger partial charge in [-0.25, -0.2) is 4.98 Å². The number of rotatable bonds is 3. The van der Waals surface area contributed by atoms with E-state index in [1.807, 2.05) is 47.4 Å². The number of likely N-dealkylation sites (tertiary alicyclic amines) is 1. The van der Waals surface area contributed by atoms with Gasteiger partial charge in [0.2, 0.25) is 5.91 Å². The molecule has 5 nitrogen and oxygen atoms in total. The van der Waals surface area contributed by atoms with E-state index in [0.717, 1.165) is 35.4 Å². The fourth-order valence-corrected chi connectivity index (χ4v) is 3.83. The third-order valence-corrected chi connectivity index (χ3v) is 5.55. The zero-order valence-corrected chi connectivity index (χ0v) is 15.9. The number of oxazole rings is 1. The number of aromatic nitrogens is 1. The average molecular weight is 384 g/mol.